The van der Waals surface area contributed by atoms with Gasteiger partial charge in [0.25, 0.3) is 5.91 Å². The summed E-state index contributed by atoms with van der Waals surface area (Å²) in [5, 5.41) is 19.7. The number of rotatable bonds is 2. The second-order valence-corrected chi connectivity index (χ2v) is 4.92. The summed E-state index contributed by atoms with van der Waals surface area (Å²) in [6, 6.07) is 7.68. The Kier molecular flexibility index (Phi) is 2.92. The molecule has 2 atom stereocenters. The summed E-state index contributed by atoms with van der Waals surface area (Å²) in [4.78, 5) is 12.2. The molecule has 0 saturated heterocycles. The van der Waals surface area contributed by atoms with Crippen molar-refractivity contribution in [3.63, 3.8) is 0 Å². The van der Waals surface area contributed by atoms with Crippen LogP contribution in [0.5, 0.6) is 0 Å². The minimum atomic E-state index is -0.122. The van der Waals surface area contributed by atoms with E-state index in [4.69, 9.17) is 5.26 Å². The van der Waals surface area contributed by atoms with Crippen molar-refractivity contribution in [2.24, 2.45) is 5.92 Å². The second kappa shape index (κ2) is 4.73. The third kappa shape index (κ3) is 2.17. The Morgan fingerprint density at radius 1 is 1.47 bits per heavy atom. The number of carbonyl (C=O) groups is 1. The first-order valence-electron chi connectivity index (χ1n) is 6.41. The Hall–Kier alpha value is -2.35. The van der Waals surface area contributed by atoms with Gasteiger partial charge in [0.2, 0.25) is 0 Å². The standard InChI is InChI=1S/C14H14N4O/c15-7-10-2-1-3-12(10)17-14(19)9-4-5-11-8-16-18-13(11)6-9/h4-6,8,10,12H,1-3H2,(H,16,18)(H,17,19). The van der Waals surface area contributed by atoms with Crippen molar-refractivity contribution in [2.45, 2.75) is 25.3 Å². The summed E-state index contributed by atoms with van der Waals surface area (Å²) in [7, 11) is 0. The Labute approximate surface area is 110 Å². The minimum absolute atomic E-state index is 0.0186. The Balaban J connectivity index is 1.78. The Morgan fingerprint density at radius 3 is 3.21 bits per heavy atom. The van der Waals surface area contributed by atoms with E-state index in [-0.39, 0.29) is 17.9 Å². The van der Waals surface area contributed by atoms with Gasteiger partial charge in [-0.15, -0.1) is 0 Å². The number of H-pyrrole nitrogens is 1. The predicted octanol–water partition coefficient (Wildman–Crippen LogP) is 1.98. The molecule has 3 rings (SSSR count). The van der Waals surface area contributed by atoms with E-state index in [0.29, 0.717) is 5.56 Å². The molecule has 1 amide bonds. The lowest BCUT2D eigenvalue weighted by atomic mass is 10.0. The maximum Gasteiger partial charge on any atom is 0.251 e. The summed E-state index contributed by atoms with van der Waals surface area (Å²) in [5.74, 6) is -0.177. The van der Waals surface area contributed by atoms with E-state index in [0.717, 1.165) is 30.2 Å². The van der Waals surface area contributed by atoms with Crippen molar-refractivity contribution < 1.29 is 4.79 Å². The molecule has 5 nitrogen and oxygen atoms in total. The third-order valence-electron chi connectivity index (χ3n) is 3.70. The SMILES string of the molecule is N#CC1CCCC1NC(=O)c1ccc2cn[nH]c2c1. The minimum Gasteiger partial charge on any atom is -0.348 e. The van der Waals surface area contributed by atoms with Crippen LogP contribution in [0.15, 0.2) is 24.4 Å². The molecule has 2 aromatic rings. The van der Waals surface area contributed by atoms with Gasteiger partial charge in [-0.1, -0.05) is 6.07 Å². The number of benzene rings is 1. The summed E-state index contributed by atoms with van der Waals surface area (Å²) in [6.45, 7) is 0. The fourth-order valence-electron chi connectivity index (χ4n) is 2.62. The Bertz CT molecular complexity index is 655. The van der Waals surface area contributed by atoms with Gasteiger partial charge < -0.3 is 5.32 Å². The summed E-state index contributed by atoms with van der Waals surface area (Å²) < 4.78 is 0. The number of hydrogen-bond donors (Lipinski definition) is 2. The van der Waals surface area contributed by atoms with Crippen LogP contribution >= 0.6 is 0 Å². The van der Waals surface area contributed by atoms with Crippen LogP contribution in [0.3, 0.4) is 0 Å². The quantitative estimate of drug-likeness (QED) is 0.859. The zero-order valence-electron chi connectivity index (χ0n) is 10.4. The van der Waals surface area contributed by atoms with Crippen molar-refractivity contribution in [3.05, 3.63) is 30.0 Å². The number of nitrogens with one attached hydrogen (secondary N) is 2. The van der Waals surface area contributed by atoms with Crippen LogP contribution in [0, 0.1) is 17.2 Å². The van der Waals surface area contributed by atoms with Gasteiger partial charge in [-0.2, -0.15) is 10.4 Å². The zero-order valence-corrected chi connectivity index (χ0v) is 10.4. The lowest BCUT2D eigenvalue weighted by Crippen LogP contribution is -2.36. The molecule has 0 radical (unpaired) electrons. The molecule has 1 saturated carbocycles. The molecule has 2 unspecified atom stereocenters. The van der Waals surface area contributed by atoms with Crippen LogP contribution in [-0.2, 0) is 0 Å². The summed E-state index contributed by atoms with van der Waals surface area (Å²) in [5.41, 5.74) is 1.44. The van der Waals surface area contributed by atoms with Gasteiger partial charge in [-0.3, -0.25) is 9.89 Å². The monoisotopic (exact) mass is 254 g/mol. The van der Waals surface area contributed by atoms with Crippen molar-refractivity contribution in [1.82, 2.24) is 15.5 Å². The van der Waals surface area contributed by atoms with Gasteiger partial charge in [0.05, 0.1) is 23.7 Å². The van der Waals surface area contributed by atoms with E-state index in [1.54, 1.807) is 18.3 Å². The van der Waals surface area contributed by atoms with Crippen LogP contribution in [0.1, 0.15) is 29.6 Å². The lowest BCUT2D eigenvalue weighted by molar-refractivity contribution is 0.0933. The van der Waals surface area contributed by atoms with E-state index in [2.05, 4.69) is 21.6 Å². The van der Waals surface area contributed by atoms with Gasteiger partial charge in [0.15, 0.2) is 0 Å². The predicted molar refractivity (Wildman–Crippen MR) is 70.3 cm³/mol. The molecule has 96 valence electrons. The molecule has 0 aliphatic heterocycles. The van der Waals surface area contributed by atoms with Crippen molar-refractivity contribution >= 4 is 16.8 Å². The number of fused-ring (bicyclic) bond motifs is 1. The fourth-order valence-corrected chi connectivity index (χ4v) is 2.62. The number of aromatic nitrogens is 2. The smallest absolute Gasteiger partial charge is 0.251 e. The van der Waals surface area contributed by atoms with Crippen LogP contribution in [0.2, 0.25) is 0 Å². The van der Waals surface area contributed by atoms with Gasteiger partial charge >= 0.3 is 0 Å². The molecular weight excluding hydrogens is 240 g/mol. The van der Waals surface area contributed by atoms with Crippen LogP contribution < -0.4 is 5.32 Å². The molecule has 1 fully saturated rings. The first kappa shape index (κ1) is 11.7. The molecule has 1 heterocycles. The molecule has 1 aromatic carbocycles. The number of amides is 1. The third-order valence-corrected chi connectivity index (χ3v) is 3.70. The maximum atomic E-state index is 12.2. The van der Waals surface area contributed by atoms with Crippen molar-refractivity contribution in [1.29, 1.82) is 5.26 Å². The average molecular weight is 254 g/mol. The molecular formula is C14H14N4O. The molecule has 1 aromatic heterocycles. The normalized spacial score (nSPS) is 22.3. The summed E-state index contributed by atoms with van der Waals surface area (Å²) in [6.07, 6.45) is 4.49. The number of carbonyl (C=O) groups excluding carboxylic acids is 1. The number of nitriles is 1. The highest BCUT2D eigenvalue weighted by Gasteiger charge is 2.28. The maximum absolute atomic E-state index is 12.2. The van der Waals surface area contributed by atoms with E-state index < -0.39 is 0 Å². The fraction of sp³-hybridized carbons (Fsp3) is 0.357. The highest BCUT2D eigenvalue weighted by molar-refractivity contribution is 5.97. The first-order chi connectivity index (χ1) is 9.28. The van der Waals surface area contributed by atoms with Crippen LogP contribution in [-0.4, -0.2) is 22.1 Å². The van der Waals surface area contributed by atoms with Crippen molar-refractivity contribution in [2.75, 3.05) is 0 Å². The average Bonchev–Trinajstić information content (AvgIpc) is 3.05. The van der Waals surface area contributed by atoms with Crippen molar-refractivity contribution in [3.8, 4) is 6.07 Å². The first-order valence-corrected chi connectivity index (χ1v) is 6.41. The number of aromatic amines is 1. The van der Waals surface area contributed by atoms with Crippen LogP contribution in [0.4, 0.5) is 0 Å². The summed E-state index contributed by atoms with van der Waals surface area (Å²) >= 11 is 0. The molecule has 19 heavy (non-hydrogen) atoms. The van der Waals surface area contributed by atoms with Gasteiger partial charge in [0.1, 0.15) is 0 Å². The molecule has 0 spiro atoms. The van der Waals surface area contributed by atoms with E-state index in [1.807, 2.05) is 6.07 Å². The van der Waals surface area contributed by atoms with Crippen LogP contribution in [0.25, 0.3) is 10.9 Å². The van der Waals surface area contributed by atoms with E-state index >= 15 is 0 Å². The largest absolute Gasteiger partial charge is 0.348 e. The molecule has 5 heteroatoms. The molecule has 2 N–H and O–H groups in total. The van der Waals surface area contributed by atoms with Gasteiger partial charge in [-0.05, 0) is 31.4 Å². The van der Waals surface area contributed by atoms with Gasteiger partial charge in [-0.25, -0.2) is 0 Å². The lowest BCUT2D eigenvalue weighted by Gasteiger charge is -2.15. The Morgan fingerprint density at radius 2 is 2.37 bits per heavy atom. The zero-order chi connectivity index (χ0) is 13.2. The highest BCUT2D eigenvalue weighted by atomic mass is 16.1. The second-order valence-electron chi connectivity index (χ2n) is 4.92. The molecule has 1 aliphatic rings. The molecule has 1 aliphatic carbocycles. The van der Waals surface area contributed by atoms with E-state index in [1.165, 1.54) is 0 Å². The van der Waals surface area contributed by atoms with E-state index in [9.17, 15) is 4.79 Å². The highest BCUT2D eigenvalue weighted by Crippen LogP contribution is 2.25. The number of hydrogen-bond acceptors (Lipinski definition) is 3. The van der Waals surface area contributed by atoms with Gasteiger partial charge in [0, 0.05) is 17.0 Å². The topological polar surface area (TPSA) is 81.6 Å². The number of nitrogens with zero attached hydrogens (tertiary/aromatic N) is 2. The molecule has 0 bridgehead atoms.